The highest BCUT2D eigenvalue weighted by Gasteiger charge is 2.29. The van der Waals surface area contributed by atoms with E-state index >= 15 is 0 Å². The first kappa shape index (κ1) is 26.7. The van der Waals surface area contributed by atoms with Crippen LogP contribution in [0.25, 0.3) is 11.3 Å². The number of carboxylic acid groups (broad SMARTS) is 1. The molecule has 0 spiro atoms. The number of carbonyl (C=O) groups is 3. The number of carbonyl (C=O) groups excluding carboxylic acids is 2. The molecule has 0 bridgehead atoms. The normalized spacial score (nSPS) is 14.1. The van der Waals surface area contributed by atoms with E-state index in [2.05, 4.69) is 25.4 Å². The molecule has 3 N–H and O–H groups in total. The van der Waals surface area contributed by atoms with Gasteiger partial charge in [-0.3, -0.25) is 14.5 Å². The predicted molar refractivity (Wildman–Crippen MR) is 141 cm³/mol. The first-order valence-corrected chi connectivity index (χ1v) is 12.2. The monoisotopic (exact) mass is 521 g/mol. The molecular formula is C27H31N5O6. The maximum Gasteiger partial charge on any atom is 0.335 e. The van der Waals surface area contributed by atoms with Crippen LogP contribution in [0.4, 0.5) is 11.4 Å². The quantitative estimate of drug-likeness (QED) is 0.382. The SMILES string of the molecule is COc1cc(NC(=O)C(=O)NC(C)(C)CN2CCN(c3ccc(C(=O)O)cc3)CC2)ccc1-c1cnco1. The van der Waals surface area contributed by atoms with E-state index in [-0.39, 0.29) is 5.56 Å². The third-order valence-corrected chi connectivity index (χ3v) is 6.29. The van der Waals surface area contributed by atoms with Crippen molar-refractivity contribution < 1.29 is 28.6 Å². The molecule has 2 amide bonds. The Morgan fingerprint density at radius 3 is 2.37 bits per heavy atom. The van der Waals surface area contributed by atoms with Gasteiger partial charge in [-0.2, -0.15) is 0 Å². The molecule has 2 aromatic carbocycles. The van der Waals surface area contributed by atoms with Crippen LogP contribution >= 0.6 is 0 Å². The van der Waals surface area contributed by atoms with Crippen LogP contribution in [0.1, 0.15) is 24.2 Å². The van der Waals surface area contributed by atoms with E-state index in [4.69, 9.17) is 14.3 Å². The summed E-state index contributed by atoms with van der Waals surface area (Å²) in [6, 6.07) is 11.8. The van der Waals surface area contributed by atoms with Gasteiger partial charge >= 0.3 is 17.8 Å². The highest BCUT2D eigenvalue weighted by Crippen LogP contribution is 2.32. The van der Waals surface area contributed by atoms with Crippen molar-refractivity contribution in [3.05, 3.63) is 60.6 Å². The number of oxazole rings is 1. The Morgan fingerprint density at radius 1 is 1.05 bits per heavy atom. The molecule has 200 valence electrons. The summed E-state index contributed by atoms with van der Waals surface area (Å²) in [5.74, 6) is -1.46. The van der Waals surface area contributed by atoms with Crippen LogP contribution < -0.4 is 20.3 Å². The summed E-state index contributed by atoms with van der Waals surface area (Å²) >= 11 is 0. The van der Waals surface area contributed by atoms with Crippen LogP contribution in [0.2, 0.25) is 0 Å². The molecule has 1 aliphatic rings. The number of nitrogens with one attached hydrogen (secondary N) is 2. The summed E-state index contributed by atoms with van der Waals surface area (Å²) < 4.78 is 10.7. The molecule has 1 fully saturated rings. The van der Waals surface area contributed by atoms with Gasteiger partial charge in [-0.25, -0.2) is 9.78 Å². The number of amides is 2. The van der Waals surface area contributed by atoms with E-state index in [1.807, 2.05) is 26.0 Å². The summed E-state index contributed by atoms with van der Waals surface area (Å²) in [5, 5.41) is 14.5. The minimum Gasteiger partial charge on any atom is -0.496 e. The first-order valence-electron chi connectivity index (χ1n) is 12.2. The summed E-state index contributed by atoms with van der Waals surface area (Å²) in [6.07, 6.45) is 2.88. The van der Waals surface area contributed by atoms with Gasteiger partial charge in [0, 0.05) is 55.7 Å². The van der Waals surface area contributed by atoms with E-state index in [1.54, 1.807) is 36.5 Å². The number of piperazine rings is 1. The fourth-order valence-electron chi connectivity index (χ4n) is 4.45. The maximum absolute atomic E-state index is 12.7. The number of aromatic nitrogens is 1. The molecule has 1 aromatic heterocycles. The Labute approximate surface area is 220 Å². The van der Waals surface area contributed by atoms with E-state index < -0.39 is 23.3 Å². The first-order chi connectivity index (χ1) is 18.1. The lowest BCUT2D eigenvalue weighted by Gasteiger charge is -2.40. The van der Waals surface area contributed by atoms with E-state index in [0.717, 1.165) is 31.9 Å². The lowest BCUT2D eigenvalue weighted by Crippen LogP contribution is -2.57. The van der Waals surface area contributed by atoms with Crippen molar-refractivity contribution in [1.82, 2.24) is 15.2 Å². The topological polar surface area (TPSA) is 137 Å². The van der Waals surface area contributed by atoms with Gasteiger partial charge in [0.15, 0.2) is 12.2 Å². The zero-order valence-electron chi connectivity index (χ0n) is 21.6. The van der Waals surface area contributed by atoms with Gasteiger partial charge in [0.05, 0.1) is 24.4 Å². The fraction of sp³-hybridized carbons (Fsp3) is 0.333. The molecule has 38 heavy (non-hydrogen) atoms. The molecule has 1 aliphatic heterocycles. The average Bonchev–Trinajstić information content (AvgIpc) is 3.43. The molecule has 0 saturated carbocycles. The number of anilines is 2. The van der Waals surface area contributed by atoms with Gasteiger partial charge in [0.1, 0.15) is 5.75 Å². The highest BCUT2D eigenvalue weighted by molar-refractivity contribution is 6.39. The third-order valence-electron chi connectivity index (χ3n) is 6.29. The van der Waals surface area contributed by atoms with Gasteiger partial charge in [0.25, 0.3) is 0 Å². The maximum atomic E-state index is 12.7. The second-order valence-electron chi connectivity index (χ2n) is 9.69. The molecule has 0 unspecified atom stereocenters. The number of rotatable bonds is 8. The summed E-state index contributed by atoms with van der Waals surface area (Å²) in [4.78, 5) is 44.7. The molecular weight excluding hydrogens is 490 g/mol. The Bertz CT molecular complexity index is 1280. The van der Waals surface area contributed by atoms with Gasteiger partial charge in [-0.1, -0.05) is 0 Å². The molecule has 11 nitrogen and oxygen atoms in total. The number of methoxy groups -OCH3 is 1. The molecule has 0 aliphatic carbocycles. The summed E-state index contributed by atoms with van der Waals surface area (Å²) in [6.45, 7) is 7.39. The smallest absolute Gasteiger partial charge is 0.335 e. The van der Waals surface area contributed by atoms with E-state index in [0.29, 0.717) is 29.3 Å². The van der Waals surface area contributed by atoms with E-state index in [1.165, 1.54) is 13.5 Å². The van der Waals surface area contributed by atoms with Gasteiger partial charge in [-0.15, -0.1) is 0 Å². The number of carboxylic acids is 1. The number of benzene rings is 2. The van der Waals surface area contributed by atoms with Crippen molar-refractivity contribution in [2.45, 2.75) is 19.4 Å². The largest absolute Gasteiger partial charge is 0.496 e. The number of nitrogens with zero attached hydrogens (tertiary/aromatic N) is 3. The Kier molecular flexibility index (Phi) is 7.96. The van der Waals surface area contributed by atoms with Crippen LogP contribution in [0.5, 0.6) is 5.75 Å². The molecule has 0 atom stereocenters. The van der Waals surface area contributed by atoms with Crippen LogP contribution in [0, 0.1) is 0 Å². The van der Waals surface area contributed by atoms with Crippen LogP contribution in [0.3, 0.4) is 0 Å². The molecule has 4 rings (SSSR count). The zero-order valence-corrected chi connectivity index (χ0v) is 21.6. The van der Waals surface area contributed by atoms with Crippen LogP contribution in [-0.4, -0.2) is 78.1 Å². The molecule has 0 radical (unpaired) electrons. The average molecular weight is 522 g/mol. The minimum absolute atomic E-state index is 0.261. The van der Waals surface area contributed by atoms with Crippen LogP contribution in [-0.2, 0) is 9.59 Å². The van der Waals surface area contributed by atoms with Gasteiger partial charge < -0.3 is 29.8 Å². The van der Waals surface area contributed by atoms with Crippen molar-refractivity contribution in [2.75, 3.05) is 50.1 Å². The van der Waals surface area contributed by atoms with Crippen molar-refractivity contribution in [2.24, 2.45) is 0 Å². The lowest BCUT2D eigenvalue weighted by molar-refractivity contribution is -0.137. The fourth-order valence-corrected chi connectivity index (χ4v) is 4.45. The Hall–Kier alpha value is -4.38. The number of hydrogen-bond donors (Lipinski definition) is 3. The number of aromatic carboxylic acids is 1. The molecule has 11 heteroatoms. The number of hydrogen-bond acceptors (Lipinski definition) is 8. The minimum atomic E-state index is -0.945. The Balaban J connectivity index is 1.28. The zero-order chi connectivity index (χ0) is 27.3. The number of ether oxygens (including phenoxy) is 1. The van der Waals surface area contributed by atoms with Crippen molar-refractivity contribution in [3.63, 3.8) is 0 Å². The Morgan fingerprint density at radius 2 is 1.76 bits per heavy atom. The standard InChI is InChI=1S/C27H31N5O6/c1-27(2,16-31-10-12-32(13-11-31)20-7-4-18(5-8-20)26(35)36)30-25(34)24(33)29-19-6-9-21(22(14-19)37-3)23-15-28-17-38-23/h4-9,14-15,17H,10-13,16H2,1-3H3,(H,29,33)(H,30,34)(H,35,36). The van der Waals surface area contributed by atoms with Crippen molar-refractivity contribution in [1.29, 1.82) is 0 Å². The van der Waals surface area contributed by atoms with E-state index in [9.17, 15) is 14.4 Å². The molecule has 2 heterocycles. The van der Waals surface area contributed by atoms with Crippen LogP contribution in [0.15, 0.2) is 59.5 Å². The highest BCUT2D eigenvalue weighted by atomic mass is 16.5. The summed E-state index contributed by atoms with van der Waals surface area (Å²) in [7, 11) is 1.50. The van der Waals surface area contributed by atoms with Crippen molar-refractivity contribution in [3.8, 4) is 17.1 Å². The molecule has 1 saturated heterocycles. The lowest BCUT2D eigenvalue weighted by atomic mass is 10.0. The third kappa shape index (κ3) is 6.48. The van der Waals surface area contributed by atoms with Gasteiger partial charge in [0.2, 0.25) is 0 Å². The summed E-state index contributed by atoms with van der Waals surface area (Å²) in [5.41, 5.74) is 1.68. The second-order valence-corrected chi connectivity index (χ2v) is 9.69. The van der Waals surface area contributed by atoms with Gasteiger partial charge in [-0.05, 0) is 50.2 Å². The second kappa shape index (κ2) is 11.3. The van der Waals surface area contributed by atoms with Crippen molar-refractivity contribution >= 4 is 29.2 Å². The molecule has 3 aromatic rings. The predicted octanol–water partition coefficient (Wildman–Crippen LogP) is 2.70.